The van der Waals surface area contributed by atoms with Gasteiger partial charge in [-0.3, -0.25) is 4.79 Å². The van der Waals surface area contributed by atoms with Crippen LogP contribution < -0.4 is 0 Å². The summed E-state index contributed by atoms with van der Waals surface area (Å²) in [6.45, 7) is 0.743. The van der Waals surface area contributed by atoms with Crippen LogP contribution in [0.3, 0.4) is 0 Å². The minimum absolute atomic E-state index is 0.0943. The fourth-order valence-electron chi connectivity index (χ4n) is 1.92. The summed E-state index contributed by atoms with van der Waals surface area (Å²) >= 11 is 0. The lowest BCUT2D eigenvalue weighted by Crippen LogP contribution is -2.43. The first-order chi connectivity index (χ1) is 5.81. The molecule has 2 rings (SSSR count). The molecule has 0 aromatic carbocycles. The van der Waals surface area contributed by atoms with Gasteiger partial charge in [0.2, 0.25) is 5.79 Å². The van der Waals surface area contributed by atoms with Gasteiger partial charge < -0.3 is 9.47 Å². The fourth-order valence-corrected chi connectivity index (χ4v) is 1.92. The molecule has 0 amide bonds. The Bertz CT molecular complexity index is 177. The van der Waals surface area contributed by atoms with Crippen molar-refractivity contribution in [2.24, 2.45) is 0 Å². The van der Waals surface area contributed by atoms with E-state index in [4.69, 9.17) is 9.47 Å². The quantitative estimate of drug-likeness (QED) is 0.518. The summed E-state index contributed by atoms with van der Waals surface area (Å²) in [6.07, 6.45) is 5.47. The highest BCUT2D eigenvalue weighted by molar-refractivity contribution is 5.70. The lowest BCUT2D eigenvalue weighted by Gasteiger charge is -2.38. The van der Waals surface area contributed by atoms with Gasteiger partial charge in [-0.05, 0) is 19.3 Å². The van der Waals surface area contributed by atoms with Gasteiger partial charge in [-0.25, -0.2) is 0 Å². The topological polar surface area (TPSA) is 35.5 Å². The second-order valence-corrected chi connectivity index (χ2v) is 3.54. The van der Waals surface area contributed by atoms with Crippen molar-refractivity contribution < 1.29 is 14.3 Å². The zero-order valence-electron chi connectivity index (χ0n) is 7.17. The molecule has 12 heavy (non-hydrogen) atoms. The molecule has 3 nitrogen and oxygen atoms in total. The van der Waals surface area contributed by atoms with Crippen molar-refractivity contribution in [1.82, 2.24) is 0 Å². The van der Waals surface area contributed by atoms with Crippen molar-refractivity contribution in [1.29, 1.82) is 0 Å². The molecule has 0 aromatic heterocycles. The first kappa shape index (κ1) is 8.05. The number of hydrogen-bond acceptors (Lipinski definition) is 3. The summed E-state index contributed by atoms with van der Waals surface area (Å²) in [5.74, 6) is -0.615. The lowest BCUT2D eigenvalue weighted by atomic mass is 9.97. The van der Waals surface area contributed by atoms with Gasteiger partial charge >= 0.3 is 5.97 Å². The van der Waals surface area contributed by atoms with Crippen LogP contribution in [0, 0.1) is 0 Å². The molecule has 2 saturated heterocycles. The number of ether oxygens (including phenoxy) is 2. The zero-order valence-corrected chi connectivity index (χ0v) is 7.17. The van der Waals surface area contributed by atoms with Crippen LogP contribution in [0.25, 0.3) is 0 Å². The maximum atomic E-state index is 11.0. The van der Waals surface area contributed by atoms with Gasteiger partial charge in [-0.15, -0.1) is 0 Å². The van der Waals surface area contributed by atoms with Gasteiger partial charge in [0.05, 0.1) is 6.61 Å². The van der Waals surface area contributed by atoms with E-state index < -0.39 is 5.79 Å². The van der Waals surface area contributed by atoms with Gasteiger partial charge in [-0.2, -0.15) is 0 Å². The van der Waals surface area contributed by atoms with Gasteiger partial charge in [0, 0.05) is 19.3 Å². The third-order valence-electron chi connectivity index (χ3n) is 2.56. The molecule has 0 aliphatic carbocycles. The number of esters is 1. The molecule has 2 fully saturated rings. The molecule has 0 N–H and O–H groups in total. The maximum absolute atomic E-state index is 11.0. The van der Waals surface area contributed by atoms with E-state index in [2.05, 4.69) is 0 Å². The van der Waals surface area contributed by atoms with Crippen LogP contribution in [-0.2, 0) is 14.3 Å². The molecule has 2 aliphatic rings. The largest absolute Gasteiger partial charge is 0.433 e. The van der Waals surface area contributed by atoms with E-state index in [9.17, 15) is 4.79 Å². The molecular formula is C9H14O3. The van der Waals surface area contributed by atoms with E-state index in [1.165, 1.54) is 0 Å². The Morgan fingerprint density at radius 3 is 2.67 bits per heavy atom. The summed E-state index contributed by atoms with van der Waals surface area (Å²) in [4.78, 5) is 11.0. The highest BCUT2D eigenvalue weighted by Crippen LogP contribution is 2.34. The van der Waals surface area contributed by atoms with Crippen molar-refractivity contribution >= 4 is 5.97 Å². The molecule has 2 heterocycles. The summed E-state index contributed by atoms with van der Waals surface area (Å²) in [6, 6.07) is 0. The predicted octanol–water partition coefficient (Wildman–Crippen LogP) is 1.61. The summed E-state index contributed by atoms with van der Waals surface area (Å²) in [5.41, 5.74) is 0. The first-order valence-electron chi connectivity index (χ1n) is 4.67. The molecule has 2 aliphatic heterocycles. The Morgan fingerprint density at radius 2 is 2.00 bits per heavy atom. The molecule has 0 radical (unpaired) electrons. The molecule has 0 saturated carbocycles. The highest BCUT2D eigenvalue weighted by atomic mass is 16.7. The van der Waals surface area contributed by atoms with Crippen LogP contribution in [0.2, 0.25) is 0 Å². The van der Waals surface area contributed by atoms with Crippen LogP contribution in [0.1, 0.15) is 38.5 Å². The molecular weight excluding hydrogens is 156 g/mol. The lowest BCUT2D eigenvalue weighted by molar-refractivity contribution is -0.259. The average molecular weight is 170 g/mol. The van der Waals surface area contributed by atoms with Crippen LogP contribution >= 0.6 is 0 Å². The number of hydrogen-bond donors (Lipinski definition) is 0. The Morgan fingerprint density at radius 1 is 1.17 bits per heavy atom. The van der Waals surface area contributed by atoms with Crippen LogP contribution in [0.5, 0.6) is 0 Å². The number of carbonyl (C=O) groups is 1. The molecule has 0 bridgehead atoms. The van der Waals surface area contributed by atoms with E-state index in [-0.39, 0.29) is 5.97 Å². The summed E-state index contributed by atoms with van der Waals surface area (Å²) in [5, 5.41) is 0. The van der Waals surface area contributed by atoms with Crippen molar-refractivity contribution in [2.75, 3.05) is 6.61 Å². The fraction of sp³-hybridized carbons (Fsp3) is 0.889. The Labute approximate surface area is 72.0 Å². The normalized spacial score (nSPS) is 36.5. The van der Waals surface area contributed by atoms with Gasteiger partial charge in [0.15, 0.2) is 0 Å². The van der Waals surface area contributed by atoms with E-state index in [1.54, 1.807) is 0 Å². The van der Waals surface area contributed by atoms with E-state index in [1.807, 2.05) is 0 Å². The number of carbonyl (C=O) groups excluding carboxylic acids is 1. The molecule has 1 atom stereocenters. The Hall–Kier alpha value is -0.570. The standard InChI is InChI=1S/C9H14O3/c10-8-4-3-6-9(12-8)5-1-2-7-11-9/h1-7H2/t9-/m1/s1. The summed E-state index contributed by atoms with van der Waals surface area (Å²) < 4.78 is 10.8. The summed E-state index contributed by atoms with van der Waals surface area (Å²) in [7, 11) is 0. The van der Waals surface area contributed by atoms with Gasteiger partial charge in [0.1, 0.15) is 0 Å². The number of rotatable bonds is 0. The van der Waals surface area contributed by atoms with Crippen LogP contribution in [-0.4, -0.2) is 18.4 Å². The third kappa shape index (κ3) is 1.46. The zero-order chi connectivity index (χ0) is 8.44. The maximum Gasteiger partial charge on any atom is 0.308 e. The average Bonchev–Trinajstić information content (AvgIpc) is 2.05. The highest BCUT2D eigenvalue weighted by Gasteiger charge is 2.39. The SMILES string of the molecule is O=C1CCC[C@@]2(CCCCO2)O1. The predicted molar refractivity (Wildman–Crippen MR) is 42.5 cm³/mol. The van der Waals surface area contributed by atoms with Gasteiger partial charge in [0.25, 0.3) is 0 Å². The van der Waals surface area contributed by atoms with Crippen molar-refractivity contribution in [2.45, 2.75) is 44.3 Å². The molecule has 68 valence electrons. The smallest absolute Gasteiger partial charge is 0.308 e. The second kappa shape index (κ2) is 3.05. The first-order valence-corrected chi connectivity index (χ1v) is 4.67. The second-order valence-electron chi connectivity index (χ2n) is 3.54. The van der Waals surface area contributed by atoms with Crippen molar-refractivity contribution in [3.05, 3.63) is 0 Å². The molecule has 0 aromatic rings. The third-order valence-corrected chi connectivity index (χ3v) is 2.56. The molecule has 3 heteroatoms. The van der Waals surface area contributed by atoms with Crippen LogP contribution in [0.15, 0.2) is 0 Å². The minimum atomic E-state index is -0.520. The van der Waals surface area contributed by atoms with E-state index >= 15 is 0 Å². The minimum Gasteiger partial charge on any atom is -0.433 e. The monoisotopic (exact) mass is 170 g/mol. The van der Waals surface area contributed by atoms with Crippen molar-refractivity contribution in [3.8, 4) is 0 Å². The Kier molecular flexibility index (Phi) is 2.05. The van der Waals surface area contributed by atoms with Crippen molar-refractivity contribution in [3.63, 3.8) is 0 Å². The Balaban J connectivity index is 2.02. The van der Waals surface area contributed by atoms with E-state index in [0.717, 1.165) is 38.7 Å². The molecule has 1 spiro atoms. The van der Waals surface area contributed by atoms with Crippen LogP contribution in [0.4, 0.5) is 0 Å². The molecule has 0 unspecified atom stereocenters. The van der Waals surface area contributed by atoms with E-state index in [0.29, 0.717) is 6.42 Å². The van der Waals surface area contributed by atoms with Gasteiger partial charge in [-0.1, -0.05) is 0 Å².